The summed E-state index contributed by atoms with van der Waals surface area (Å²) in [4.78, 5) is 0. The lowest BCUT2D eigenvalue weighted by Gasteiger charge is -2.11. The summed E-state index contributed by atoms with van der Waals surface area (Å²) in [5.41, 5.74) is 17.6. The van der Waals surface area contributed by atoms with Gasteiger partial charge in [-0.1, -0.05) is 48.5 Å². The summed E-state index contributed by atoms with van der Waals surface area (Å²) in [5.74, 6) is 0. The Kier molecular flexibility index (Phi) is 6.20. The molecule has 0 aliphatic rings. The molecule has 4 heteroatoms. The molecule has 0 radical (unpaired) electrons. The molecule has 26 heavy (non-hydrogen) atoms. The van der Waals surface area contributed by atoms with Crippen LogP contribution in [-0.2, 0) is 12.8 Å². The lowest BCUT2D eigenvalue weighted by molar-refractivity contribution is 1.04. The van der Waals surface area contributed by atoms with E-state index in [2.05, 4.69) is 12.1 Å². The molecule has 0 aliphatic heterocycles. The number of nitrogens with zero attached hydrogens (tertiary/aromatic N) is 2. The Morgan fingerprint density at radius 2 is 1.08 bits per heavy atom. The number of hydrogen-bond donors (Lipinski definition) is 2. The molecule has 2 aromatic carbocycles. The molecule has 2 aromatic rings. The molecule has 0 saturated heterocycles. The van der Waals surface area contributed by atoms with Crippen molar-refractivity contribution in [3.63, 3.8) is 0 Å². The fraction of sp³-hybridized carbons (Fsp3) is 0.182. The first-order valence-corrected chi connectivity index (χ1v) is 8.34. The normalized spacial score (nSPS) is 12.5. The second-order valence-corrected chi connectivity index (χ2v) is 6.23. The van der Waals surface area contributed by atoms with E-state index in [0.717, 1.165) is 22.3 Å². The number of allylic oxidation sites excluding steroid dienone is 4. The Balaban J connectivity index is 2.42. The van der Waals surface area contributed by atoms with Gasteiger partial charge in [0.2, 0.25) is 0 Å². The van der Waals surface area contributed by atoms with Crippen LogP contribution < -0.4 is 11.5 Å². The SMILES string of the molecule is Cc1ccccc1C/C(N)=C(C#N)/C(C#N)=C(\N)Cc1ccccc1C. The van der Waals surface area contributed by atoms with E-state index in [9.17, 15) is 10.5 Å². The molecule has 0 aliphatic carbocycles. The smallest absolute Gasteiger partial charge is 0.102 e. The van der Waals surface area contributed by atoms with Crippen molar-refractivity contribution in [3.8, 4) is 12.1 Å². The molecule has 0 unspecified atom stereocenters. The van der Waals surface area contributed by atoms with E-state index in [-0.39, 0.29) is 11.1 Å². The maximum absolute atomic E-state index is 9.59. The summed E-state index contributed by atoms with van der Waals surface area (Å²) >= 11 is 0. The number of benzene rings is 2. The summed E-state index contributed by atoms with van der Waals surface area (Å²) in [6.45, 7) is 3.98. The summed E-state index contributed by atoms with van der Waals surface area (Å²) in [6, 6.07) is 19.8. The average molecular weight is 342 g/mol. The quantitative estimate of drug-likeness (QED) is 0.641. The molecule has 130 valence electrons. The molecular weight excluding hydrogens is 320 g/mol. The van der Waals surface area contributed by atoms with Crippen LogP contribution in [0.25, 0.3) is 0 Å². The third kappa shape index (κ3) is 4.32. The second-order valence-electron chi connectivity index (χ2n) is 6.23. The van der Waals surface area contributed by atoms with Gasteiger partial charge in [0, 0.05) is 24.2 Å². The predicted octanol–water partition coefficient (Wildman–Crippen LogP) is 3.56. The summed E-state index contributed by atoms with van der Waals surface area (Å²) in [7, 11) is 0. The van der Waals surface area contributed by atoms with Gasteiger partial charge in [-0.3, -0.25) is 0 Å². The van der Waals surface area contributed by atoms with Gasteiger partial charge in [-0.25, -0.2) is 0 Å². The van der Waals surface area contributed by atoms with Crippen molar-refractivity contribution < 1.29 is 0 Å². The van der Waals surface area contributed by atoms with Crippen molar-refractivity contribution in [1.82, 2.24) is 0 Å². The molecule has 0 aromatic heterocycles. The monoisotopic (exact) mass is 342 g/mol. The fourth-order valence-electron chi connectivity index (χ4n) is 2.78. The van der Waals surface area contributed by atoms with E-state index in [4.69, 9.17) is 11.5 Å². The van der Waals surface area contributed by atoms with Gasteiger partial charge in [0.25, 0.3) is 0 Å². The molecule has 0 bridgehead atoms. The van der Waals surface area contributed by atoms with Gasteiger partial charge < -0.3 is 11.5 Å². The van der Waals surface area contributed by atoms with Gasteiger partial charge in [0.05, 0.1) is 11.1 Å². The molecule has 0 heterocycles. The maximum atomic E-state index is 9.59. The standard InChI is InChI=1S/C22H22N4/c1-15-7-3-5-9-17(15)11-21(25)19(13-23)20(14-24)22(26)12-18-10-6-4-8-16(18)2/h3-10H,11-12,25-26H2,1-2H3/b21-19-,22-20-. The van der Waals surface area contributed by atoms with Crippen LogP contribution in [0, 0.1) is 36.5 Å². The Bertz CT molecular complexity index is 873. The molecule has 0 saturated carbocycles. The van der Waals surface area contributed by atoms with Crippen LogP contribution in [0.15, 0.2) is 71.1 Å². The van der Waals surface area contributed by atoms with Gasteiger partial charge in [0.15, 0.2) is 0 Å². The fourth-order valence-corrected chi connectivity index (χ4v) is 2.78. The van der Waals surface area contributed by atoms with Crippen LogP contribution >= 0.6 is 0 Å². The van der Waals surface area contributed by atoms with Crippen LogP contribution in [0.5, 0.6) is 0 Å². The molecule has 4 N–H and O–H groups in total. The number of nitrogens with two attached hydrogens (primary N) is 2. The van der Waals surface area contributed by atoms with Crippen molar-refractivity contribution in [1.29, 1.82) is 10.5 Å². The van der Waals surface area contributed by atoms with Gasteiger partial charge in [-0.2, -0.15) is 10.5 Å². The minimum Gasteiger partial charge on any atom is -0.401 e. The largest absolute Gasteiger partial charge is 0.401 e. The van der Waals surface area contributed by atoms with E-state index in [1.54, 1.807) is 0 Å². The van der Waals surface area contributed by atoms with Crippen LogP contribution in [0.4, 0.5) is 0 Å². The summed E-state index contributed by atoms with van der Waals surface area (Å²) in [6.07, 6.45) is 0.802. The van der Waals surface area contributed by atoms with Crippen LogP contribution in [0.3, 0.4) is 0 Å². The number of nitriles is 2. The molecule has 4 nitrogen and oxygen atoms in total. The van der Waals surface area contributed by atoms with E-state index >= 15 is 0 Å². The van der Waals surface area contributed by atoms with E-state index in [0.29, 0.717) is 24.2 Å². The summed E-state index contributed by atoms with van der Waals surface area (Å²) in [5, 5.41) is 19.2. The first kappa shape index (κ1) is 18.8. The Labute approximate surface area is 154 Å². The average Bonchev–Trinajstić information content (AvgIpc) is 2.63. The lowest BCUT2D eigenvalue weighted by Crippen LogP contribution is -2.12. The Morgan fingerprint density at radius 1 is 0.731 bits per heavy atom. The minimum absolute atomic E-state index is 0.154. The molecule has 0 spiro atoms. The van der Waals surface area contributed by atoms with Crippen molar-refractivity contribution in [2.24, 2.45) is 11.5 Å². The number of hydrogen-bond acceptors (Lipinski definition) is 4. The molecular formula is C22H22N4. The number of rotatable bonds is 5. The highest BCUT2D eigenvalue weighted by Crippen LogP contribution is 2.20. The first-order chi connectivity index (χ1) is 12.5. The predicted molar refractivity (Wildman–Crippen MR) is 103 cm³/mol. The van der Waals surface area contributed by atoms with Crippen molar-refractivity contribution >= 4 is 0 Å². The lowest BCUT2D eigenvalue weighted by atomic mass is 9.95. The van der Waals surface area contributed by atoms with Crippen molar-refractivity contribution in [2.45, 2.75) is 26.7 Å². The first-order valence-electron chi connectivity index (χ1n) is 8.34. The molecule has 0 atom stereocenters. The van der Waals surface area contributed by atoms with Gasteiger partial charge >= 0.3 is 0 Å². The van der Waals surface area contributed by atoms with Gasteiger partial charge in [-0.05, 0) is 36.1 Å². The molecule has 0 amide bonds. The second kappa shape index (κ2) is 8.55. The van der Waals surface area contributed by atoms with Crippen LogP contribution in [0.1, 0.15) is 22.3 Å². The minimum atomic E-state index is 0.154. The zero-order valence-corrected chi connectivity index (χ0v) is 15.1. The highest BCUT2D eigenvalue weighted by molar-refractivity contribution is 5.55. The van der Waals surface area contributed by atoms with Crippen LogP contribution in [-0.4, -0.2) is 0 Å². The Morgan fingerprint density at radius 3 is 1.38 bits per heavy atom. The summed E-state index contributed by atoms with van der Waals surface area (Å²) < 4.78 is 0. The highest BCUT2D eigenvalue weighted by atomic mass is 14.6. The van der Waals surface area contributed by atoms with E-state index in [1.165, 1.54) is 0 Å². The maximum Gasteiger partial charge on any atom is 0.102 e. The van der Waals surface area contributed by atoms with E-state index in [1.807, 2.05) is 62.4 Å². The third-order valence-electron chi connectivity index (χ3n) is 4.40. The van der Waals surface area contributed by atoms with Crippen molar-refractivity contribution in [3.05, 3.63) is 93.3 Å². The Hall–Kier alpha value is -3.50. The molecule has 2 rings (SSSR count). The zero-order valence-electron chi connectivity index (χ0n) is 15.1. The molecule has 0 fully saturated rings. The van der Waals surface area contributed by atoms with Crippen molar-refractivity contribution in [2.75, 3.05) is 0 Å². The topological polar surface area (TPSA) is 99.6 Å². The highest BCUT2D eigenvalue weighted by Gasteiger charge is 2.15. The van der Waals surface area contributed by atoms with Crippen LogP contribution in [0.2, 0.25) is 0 Å². The number of aryl methyl sites for hydroxylation is 2. The third-order valence-corrected chi connectivity index (χ3v) is 4.40. The van der Waals surface area contributed by atoms with Gasteiger partial charge in [0.1, 0.15) is 12.1 Å². The van der Waals surface area contributed by atoms with Gasteiger partial charge in [-0.15, -0.1) is 0 Å². The van der Waals surface area contributed by atoms with E-state index < -0.39 is 0 Å². The zero-order chi connectivity index (χ0) is 19.1.